The second-order valence-corrected chi connectivity index (χ2v) is 6.20. The van der Waals surface area contributed by atoms with E-state index in [1.54, 1.807) is 0 Å². The largest absolute Gasteiger partial charge is 0.368 e. The number of aromatic nitrogens is 3. The van der Waals surface area contributed by atoms with E-state index >= 15 is 0 Å². The summed E-state index contributed by atoms with van der Waals surface area (Å²) in [7, 11) is 0. The zero-order valence-electron chi connectivity index (χ0n) is 13.4. The van der Waals surface area contributed by atoms with Gasteiger partial charge < -0.3 is 19.1 Å². The molecular weight excluding hydrogens is 312 g/mol. The lowest BCUT2D eigenvalue weighted by Crippen LogP contribution is -2.27. The first kappa shape index (κ1) is 15.3. The quantitative estimate of drug-likeness (QED) is 0.889. The molecule has 0 bridgehead atoms. The molecule has 2 aromatic heterocycles. The maximum absolute atomic E-state index is 12.3. The summed E-state index contributed by atoms with van der Waals surface area (Å²) in [5, 5.41) is 10.7. The van der Waals surface area contributed by atoms with Crippen LogP contribution in [0.4, 0.5) is 0 Å². The number of amides is 1. The van der Waals surface area contributed by atoms with E-state index in [4.69, 9.17) is 13.8 Å². The molecule has 1 atom stereocenters. The molecule has 1 fully saturated rings. The molecule has 1 aliphatic heterocycles. The molecule has 128 valence electrons. The third kappa shape index (κ3) is 3.06. The van der Waals surface area contributed by atoms with E-state index in [0.29, 0.717) is 30.4 Å². The molecule has 1 saturated heterocycles. The van der Waals surface area contributed by atoms with Gasteiger partial charge in [0, 0.05) is 31.6 Å². The standard InChI is InChI=1S/C16H20N4O4/c21-15(14-10-4-1-2-5-11(10)23-20-14)17-8-7-13-18-16(24-19-13)12-6-3-9-22-12/h12H,1-9H2,(H,17,21). The Morgan fingerprint density at radius 3 is 2.96 bits per heavy atom. The number of carbonyl (C=O) groups excluding carboxylic acids is 1. The zero-order valence-corrected chi connectivity index (χ0v) is 13.4. The van der Waals surface area contributed by atoms with E-state index in [1.807, 2.05) is 0 Å². The fourth-order valence-corrected chi connectivity index (χ4v) is 3.21. The van der Waals surface area contributed by atoms with Crippen molar-refractivity contribution in [2.45, 2.75) is 51.0 Å². The number of rotatable bonds is 5. The number of nitrogens with one attached hydrogen (secondary N) is 1. The Labute approximate surface area is 138 Å². The van der Waals surface area contributed by atoms with Gasteiger partial charge in [0.1, 0.15) is 11.9 Å². The Morgan fingerprint density at radius 1 is 1.17 bits per heavy atom. The molecule has 1 aliphatic carbocycles. The third-order valence-electron chi connectivity index (χ3n) is 4.49. The maximum Gasteiger partial charge on any atom is 0.273 e. The highest BCUT2D eigenvalue weighted by Gasteiger charge is 2.25. The van der Waals surface area contributed by atoms with Crippen LogP contribution in [0.2, 0.25) is 0 Å². The number of carbonyl (C=O) groups is 1. The lowest BCUT2D eigenvalue weighted by Gasteiger charge is -2.08. The summed E-state index contributed by atoms with van der Waals surface area (Å²) >= 11 is 0. The minimum absolute atomic E-state index is 0.0810. The molecule has 2 aromatic rings. The van der Waals surface area contributed by atoms with Gasteiger partial charge in [-0.15, -0.1) is 0 Å². The van der Waals surface area contributed by atoms with Gasteiger partial charge >= 0.3 is 0 Å². The van der Waals surface area contributed by atoms with Gasteiger partial charge in [-0.25, -0.2) is 0 Å². The Bertz CT molecular complexity index is 717. The Kier molecular flexibility index (Phi) is 4.29. The van der Waals surface area contributed by atoms with Crippen molar-refractivity contribution in [1.29, 1.82) is 0 Å². The van der Waals surface area contributed by atoms with Crippen LogP contribution in [0, 0.1) is 0 Å². The highest BCUT2D eigenvalue weighted by atomic mass is 16.5. The number of ether oxygens (including phenoxy) is 1. The number of nitrogens with zero attached hydrogens (tertiary/aromatic N) is 3. The van der Waals surface area contributed by atoms with Crippen LogP contribution in [0.1, 0.15) is 65.3 Å². The smallest absolute Gasteiger partial charge is 0.273 e. The summed E-state index contributed by atoms with van der Waals surface area (Å²) in [6, 6.07) is 0. The van der Waals surface area contributed by atoms with Crippen LogP contribution in [0.5, 0.6) is 0 Å². The molecule has 2 aliphatic rings. The van der Waals surface area contributed by atoms with Crippen LogP contribution in [-0.4, -0.2) is 34.4 Å². The summed E-state index contributed by atoms with van der Waals surface area (Å²) in [5.41, 5.74) is 1.37. The predicted molar refractivity (Wildman–Crippen MR) is 81.4 cm³/mol. The minimum atomic E-state index is -0.204. The van der Waals surface area contributed by atoms with Crippen LogP contribution in [0.25, 0.3) is 0 Å². The first-order valence-electron chi connectivity index (χ1n) is 8.51. The van der Waals surface area contributed by atoms with Crippen LogP contribution >= 0.6 is 0 Å². The molecule has 1 N–H and O–H groups in total. The normalized spacial score (nSPS) is 20.1. The molecule has 0 spiro atoms. The molecule has 0 radical (unpaired) electrons. The number of hydrogen-bond donors (Lipinski definition) is 1. The predicted octanol–water partition coefficient (Wildman–Crippen LogP) is 1.76. The molecule has 8 nitrogen and oxygen atoms in total. The van der Waals surface area contributed by atoms with Crippen molar-refractivity contribution in [2.75, 3.05) is 13.2 Å². The monoisotopic (exact) mass is 332 g/mol. The average Bonchev–Trinajstić information content (AvgIpc) is 3.34. The van der Waals surface area contributed by atoms with Crippen LogP contribution < -0.4 is 5.32 Å². The van der Waals surface area contributed by atoms with Crippen molar-refractivity contribution < 1.29 is 18.6 Å². The molecule has 0 saturated carbocycles. The van der Waals surface area contributed by atoms with Gasteiger partial charge in [-0.05, 0) is 32.1 Å². The lowest BCUT2D eigenvalue weighted by atomic mass is 9.96. The summed E-state index contributed by atoms with van der Waals surface area (Å²) < 4.78 is 16.0. The highest BCUT2D eigenvalue weighted by Crippen LogP contribution is 2.27. The summed E-state index contributed by atoms with van der Waals surface area (Å²) in [4.78, 5) is 16.6. The van der Waals surface area contributed by atoms with Crippen LogP contribution in [-0.2, 0) is 24.0 Å². The number of aryl methyl sites for hydroxylation is 1. The van der Waals surface area contributed by atoms with E-state index in [-0.39, 0.29) is 12.0 Å². The van der Waals surface area contributed by atoms with E-state index in [0.717, 1.165) is 56.5 Å². The molecular formula is C16H20N4O4. The van der Waals surface area contributed by atoms with Gasteiger partial charge in [0.05, 0.1) is 0 Å². The van der Waals surface area contributed by atoms with Crippen LogP contribution in [0.3, 0.4) is 0 Å². The van der Waals surface area contributed by atoms with Crippen molar-refractivity contribution in [3.63, 3.8) is 0 Å². The van der Waals surface area contributed by atoms with E-state index in [2.05, 4.69) is 20.6 Å². The van der Waals surface area contributed by atoms with Crippen LogP contribution in [0.15, 0.2) is 9.05 Å². The van der Waals surface area contributed by atoms with Gasteiger partial charge in [0.2, 0.25) is 0 Å². The number of fused-ring (bicyclic) bond motifs is 1. The first-order valence-corrected chi connectivity index (χ1v) is 8.51. The molecule has 3 heterocycles. The summed E-state index contributed by atoms with van der Waals surface area (Å²) in [6.07, 6.45) is 6.24. The summed E-state index contributed by atoms with van der Waals surface area (Å²) in [5.74, 6) is 1.75. The zero-order chi connectivity index (χ0) is 16.4. The Morgan fingerprint density at radius 2 is 2.08 bits per heavy atom. The van der Waals surface area contributed by atoms with Gasteiger partial charge in [-0.2, -0.15) is 4.98 Å². The molecule has 1 unspecified atom stereocenters. The van der Waals surface area contributed by atoms with Crippen molar-refractivity contribution in [1.82, 2.24) is 20.6 Å². The Hall–Kier alpha value is -2.22. The van der Waals surface area contributed by atoms with E-state index in [1.165, 1.54) is 0 Å². The SMILES string of the molecule is O=C(NCCc1noc(C2CCCO2)n1)c1noc2c1CCCC2. The fourth-order valence-electron chi connectivity index (χ4n) is 3.21. The van der Waals surface area contributed by atoms with Crippen molar-refractivity contribution in [3.8, 4) is 0 Å². The Balaban J connectivity index is 1.31. The fraction of sp³-hybridized carbons (Fsp3) is 0.625. The molecule has 8 heteroatoms. The average molecular weight is 332 g/mol. The van der Waals surface area contributed by atoms with Gasteiger partial charge in [-0.1, -0.05) is 10.3 Å². The van der Waals surface area contributed by atoms with Crippen molar-refractivity contribution in [3.05, 3.63) is 28.7 Å². The van der Waals surface area contributed by atoms with E-state index in [9.17, 15) is 4.79 Å². The summed E-state index contributed by atoms with van der Waals surface area (Å²) in [6.45, 7) is 1.16. The molecule has 24 heavy (non-hydrogen) atoms. The molecule has 1 amide bonds. The molecule has 4 rings (SSSR count). The van der Waals surface area contributed by atoms with Gasteiger partial charge in [0.15, 0.2) is 11.5 Å². The van der Waals surface area contributed by atoms with E-state index < -0.39 is 0 Å². The van der Waals surface area contributed by atoms with Gasteiger partial charge in [0.25, 0.3) is 11.8 Å². The minimum Gasteiger partial charge on any atom is -0.368 e. The molecule has 0 aromatic carbocycles. The maximum atomic E-state index is 12.3. The topological polar surface area (TPSA) is 103 Å². The third-order valence-corrected chi connectivity index (χ3v) is 4.49. The lowest BCUT2D eigenvalue weighted by molar-refractivity contribution is 0.0835. The number of hydrogen-bond acceptors (Lipinski definition) is 7. The van der Waals surface area contributed by atoms with Gasteiger partial charge in [-0.3, -0.25) is 4.79 Å². The second-order valence-electron chi connectivity index (χ2n) is 6.20. The van der Waals surface area contributed by atoms with Crippen molar-refractivity contribution in [2.24, 2.45) is 0 Å². The second kappa shape index (κ2) is 6.72. The first-order chi connectivity index (χ1) is 11.8. The highest BCUT2D eigenvalue weighted by molar-refractivity contribution is 5.93. The van der Waals surface area contributed by atoms with Crippen molar-refractivity contribution >= 4 is 5.91 Å².